The fourth-order valence-corrected chi connectivity index (χ4v) is 4.04. The Balaban J connectivity index is 1.75. The number of nitrogens with one attached hydrogen (secondary N) is 1. The van der Waals surface area contributed by atoms with E-state index in [-0.39, 0.29) is 12.5 Å². The molecule has 0 saturated carbocycles. The number of ether oxygens (including phenoxy) is 2. The van der Waals surface area contributed by atoms with E-state index in [1.165, 1.54) is 11.3 Å². The first kappa shape index (κ1) is 20.9. The van der Waals surface area contributed by atoms with Gasteiger partial charge in [-0.1, -0.05) is 38.0 Å². The van der Waals surface area contributed by atoms with Gasteiger partial charge in [0.2, 0.25) is 0 Å². The molecule has 0 fully saturated rings. The molecule has 0 atom stereocenters. The normalized spacial score (nSPS) is 10.7. The minimum atomic E-state index is -0.434. The van der Waals surface area contributed by atoms with Crippen molar-refractivity contribution in [1.29, 1.82) is 0 Å². The topological polar surface area (TPSA) is 64.6 Å². The molecule has 1 amide bonds. The molecule has 6 heteroatoms. The van der Waals surface area contributed by atoms with Crippen molar-refractivity contribution < 1.29 is 19.1 Å². The minimum absolute atomic E-state index is 0.274. The Morgan fingerprint density at radius 3 is 2.48 bits per heavy atom. The molecule has 0 saturated heterocycles. The summed E-state index contributed by atoms with van der Waals surface area (Å²) in [7, 11) is 0. The Morgan fingerprint density at radius 1 is 1.00 bits per heavy atom. The van der Waals surface area contributed by atoms with E-state index in [9.17, 15) is 9.59 Å². The van der Waals surface area contributed by atoms with Crippen LogP contribution in [-0.4, -0.2) is 25.1 Å². The van der Waals surface area contributed by atoms with Crippen LogP contribution < -0.4 is 10.1 Å². The Labute approximate surface area is 174 Å². The number of esters is 1. The molecule has 0 aliphatic rings. The van der Waals surface area contributed by atoms with Crippen molar-refractivity contribution in [2.24, 2.45) is 0 Å². The van der Waals surface area contributed by atoms with E-state index >= 15 is 0 Å². The number of amides is 1. The third-order valence-corrected chi connectivity index (χ3v) is 5.52. The molecule has 0 unspecified atom stereocenters. The predicted octanol–water partition coefficient (Wildman–Crippen LogP) is 5.90. The molecule has 3 aromatic rings. The summed E-state index contributed by atoms with van der Waals surface area (Å²) in [4.78, 5) is 25.2. The van der Waals surface area contributed by atoms with Crippen LogP contribution >= 0.6 is 11.3 Å². The molecule has 1 heterocycles. The molecule has 1 N–H and O–H groups in total. The zero-order valence-corrected chi connectivity index (χ0v) is 17.5. The SMILES string of the molecule is CCCCCOc1ccc(C(=O)Nc2sc3ccccc3c2C(=O)OCC)cc1. The van der Waals surface area contributed by atoms with Crippen molar-refractivity contribution in [3.05, 3.63) is 59.7 Å². The van der Waals surface area contributed by atoms with Gasteiger partial charge in [-0.15, -0.1) is 11.3 Å². The van der Waals surface area contributed by atoms with Crippen molar-refractivity contribution in [3.8, 4) is 5.75 Å². The number of carbonyl (C=O) groups is 2. The summed E-state index contributed by atoms with van der Waals surface area (Å²) in [6.45, 7) is 4.86. The van der Waals surface area contributed by atoms with Crippen molar-refractivity contribution in [3.63, 3.8) is 0 Å². The van der Waals surface area contributed by atoms with E-state index in [1.807, 2.05) is 24.3 Å². The van der Waals surface area contributed by atoms with Gasteiger partial charge >= 0.3 is 5.97 Å². The van der Waals surface area contributed by atoms with E-state index in [4.69, 9.17) is 9.47 Å². The fraction of sp³-hybridized carbons (Fsp3) is 0.304. The van der Waals surface area contributed by atoms with Gasteiger partial charge in [-0.2, -0.15) is 0 Å². The summed E-state index contributed by atoms with van der Waals surface area (Å²) < 4.78 is 11.8. The second-order valence-corrected chi connectivity index (χ2v) is 7.61. The summed E-state index contributed by atoms with van der Waals surface area (Å²) in [5.74, 6) is 0.0300. The maximum atomic E-state index is 12.7. The van der Waals surface area contributed by atoms with E-state index < -0.39 is 5.97 Å². The van der Waals surface area contributed by atoms with Gasteiger partial charge < -0.3 is 14.8 Å². The van der Waals surface area contributed by atoms with Crippen molar-refractivity contribution in [1.82, 2.24) is 0 Å². The molecular weight excluding hydrogens is 386 g/mol. The van der Waals surface area contributed by atoms with Crippen LogP contribution in [0.3, 0.4) is 0 Å². The fourth-order valence-electron chi connectivity index (χ4n) is 2.96. The van der Waals surface area contributed by atoms with Crippen LogP contribution in [0.5, 0.6) is 5.75 Å². The van der Waals surface area contributed by atoms with Crippen LogP contribution in [0.2, 0.25) is 0 Å². The number of rotatable bonds is 9. The van der Waals surface area contributed by atoms with Crippen LogP contribution in [-0.2, 0) is 4.74 Å². The first-order valence-corrected chi connectivity index (χ1v) is 10.7. The van der Waals surface area contributed by atoms with Crippen LogP contribution in [0.25, 0.3) is 10.1 Å². The van der Waals surface area contributed by atoms with Gasteiger partial charge in [0.25, 0.3) is 5.91 Å². The van der Waals surface area contributed by atoms with Crippen LogP contribution in [0.1, 0.15) is 53.8 Å². The summed E-state index contributed by atoms with van der Waals surface area (Å²) in [6, 6.07) is 14.6. The smallest absolute Gasteiger partial charge is 0.341 e. The van der Waals surface area contributed by atoms with E-state index in [0.29, 0.717) is 22.7 Å². The first-order chi connectivity index (χ1) is 14.1. The molecule has 0 bridgehead atoms. The lowest BCUT2D eigenvalue weighted by atomic mass is 10.1. The van der Waals surface area contributed by atoms with E-state index in [1.54, 1.807) is 31.2 Å². The number of anilines is 1. The lowest BCUT2D eigenvalue weighted by molar-refractivity contribution is 0.0530. The lowest BCUT2D eigenvalue weighted by Crippen LogP contribution is -2.14. The third-order valence-electron chi connectivity index (χ3n) is 4.44. The summed E-state index contributed by atoms with van der Waals surface area (Å²) in [5.41, 5.74) is 0.898. The Bertz CT molecular complexity index is 978. The van der Waals surface area contributed by atoms with E-state index in [2.05, 4.69) is 12.2 Å². The minimum Gasteiger partial charge on any atom is -0.494 e. The van der Waals surface area contributed by atoms with Crippen LogP contribution in [0.4, 0.5) is 5.00 Å². The molecule has 0 radical (unpaired) electrons. The predicted molar refractivity (Wildman–Crippen MR) is 117 cm³/mol. The number of fused-ring (bicyclic) bond motifs is 1. The summed E-state index contributed by atoms with van der Waals surface area (Å²) in [5, 5.41) is 4.15. The first-order valence-electron chi connectivity index (χ1n) is 9.87. The number of hydrogen-bond acceptors (Lipinski definition) is 5. The maximum absolute atomic E-state index is 12.7. The average Bonchev–Trinajstić information content (AvgIpc) is 3.09. The van der Waals surface area contributed by atoms with Gasteiger partial charge in [-0.3, -0.25) is 4.79 Å². The van der Waals surface area contributed by atoms with Gasteiger partial charge in [0.15, 0.2) is 0 Å². The quantitative estimate of drug-likeness (QED) is 0.352. The number of carbonyl (C=O) groups excluding carboxylic acids is 2. The van der Waals surface area contributed by atoms with Crippen molar-refractivity contribution >= 4 is 38.3 Å². The highest BCUT2D eigenvalue weighted by Gasteiger charge is 2.21. The molecule has 0 spiro atoms. The highest BCUT2D eigenvalue weighted by molar-refractivity contribution is 7.23. The highest BCUT2D eigenvalue weighted by atomic mass is 32.1. The molecular formula is C23H25NO4S. The van der Waals surface area contributed by atoms with Gasteiger partial charge in [-0.25, -0.2) is 4.79 Å². The van der Waals surface area contributed by atoms with Crippen LogP contribution in [0, 0.1) is 0 Å². The zero-order valence-electron chi connectivity index (χ0n) is 16.7. The Morgan fingerprint density at radius 2 is 1.76 bits per heavy atom. The van der Waals surface area contributed by atoms with E-state index in [0.717, 1.165) is 35.1 Å². The van der Waals surface area contributed by atoms with Gasteiger partial charge in [0, 0.05) is 15.6 Å². The summed E-state index contributed by atoms with van der Waals surface area (Å²) >= 11 is 1.36. The number of thiophene rings is 1. The molecule has 152 valence electrons. The zero-order chi connectivity index (χ0) is 20.6. The second kappa shape index (κ2) is 10.1. The molecule has 0 aliphatic heterocycles. The summed E-state index contributed by atoms with van der Waals surface area (Å²) in [6.07, 6.45) is 3.30. The average molecular weight is 412 g/mol. The largest absolute Gasteiger partial charge is 0.494 e. The Kier molecular flexibility index (Phi) is 7.25. The van der Waals surface area contributed by atoms with Crippen molar-refractivity contribution in [2.75, 3.05) is 18.5 Å². The van der Waals surface area contributed by atoms with Crippen molar-refractivity contribution in [2.45, 2.75) is 33.1 Å². The molecule has 1 aromatic heterocycles. The highest BCUT2D eigenvalue weighted by Crippen LogP contribution is 2.36. The van der Waals surface area contributed by atoms with Crippen LogP contribution in [0.15, 0.2) is 48.5 Å². The van der Waals surface area contributed by atoms with Gasteiger partial charge in [0.1, 0.15) is 16.3 Å². The van der Waals surface area contributed by atoms with Gasteiger partial charge in [0.05, 0.1) is 13.2 Å². The van der Waals surface area contributed by atoms with Gasteiger partial charge in [-0.05, 0) is 43.7 Å². The third kappa shape index (κ3) is 5.15. The monoisotopic (exact) mass is 411 g/mol. The second-order valence-electron chi connectivity index (χ2n) is 6.56. The maximum Gasteiger partial charge on any atom is 0.341 e. The molecule has 29 heavy (non-hydrogen) atoms. The Hall–Kier alpha value is -2.86. The molecule has 5 nitrogen and oxygen atoms in total. The number of benzene rings is 2. The number of hydrogen-bond donors (Lipinski definition) is 1. The molecule has 0 aliphatic carbocycles. The standard InChI is InChI=1S/C23H25NO4S/c1-3-5-8-15-28-17-13-11-16(12-14-17)21(25)24-22-20(23(26)27-4-2)18-9-6-7-10-19(18)29-22/h6-7,9-14H,3-5,8,15H2,1-2H3,(H,24,25). The molecule has 2 aromatic carbocycles. The molecule has 3 rings (SSSR count). The number of unbranched alkanes of at least 4 members (excludes halogenated alkanes) is 2. The lowest BCUT2D eigenvalue weighted by Gasteiger charge is -2.08.